The number of nitrogens with one attached hydrogen (secondary N) is 1. The maximum Gasteiger partial charge on any atom is 0.0753 e. The van der Waals surface area contributed by atoms with Crippen molar-refractivity contribution in [3.63, 3.8) is 0 Å². The number of hydrogen-bond acceptors (Lipinski definition) is 3. The standard InChI is InChI=1S/C13H23N3/c1-10(2)13(4,5)9-16-11(3)12-8-14-6-7-15-12/h6-8,10-11,16H,9H2,1-5H3. The van der Waals surface area contributed by atoms with Crippen LogP contribution in [0.15, 0.2) is 18.6 Å². The molecule has 1 unspecified atom stereocenters. The Morgan fingerprint density at radius 1 is 1.25 bits per heavy atom. The van der Waals surface area contributed by atoms with E-state index in [-0.39, 0.29) is 6.04 Å². The van der Waals surface area contributed by atoms with E-state index in [2.05, 4.69) is 49.9 Å². The predicted molar refractivity (Wildman–Crippen MR) is 67.1 cm³/mol. The quantitative estimate of drug-likeness (QED) is 0.831. The number of aromatic nitrogens is 2. The summed E-state index contributed by atoms with van der Waals surface area (Å²) < 4.78 is 0. The first-order chi connectivity index (χ1) is 7.43. The Bertz CT molecular complexity index is 306. The molecule has 1 N–H and O–H groups in total. The zero-order valence-electron chi connectivity index (χ0n) is 11.0. The highest BCUT2D eigenvalue weighted by molar-refractivity contribution is 5.00. The van der Waals surface area contributed by atoms with E-state index in [4.69, 9.17) is 0 Å². The lowest BCUT2D eigenvalue weighted by atomic mass is 9.81. The average Bonchev–Trinajstić information content (AvgIpc) is 2.27. The summed E-state index contributed by atoms with van der Waals surface area (Å²) in [4.78, 5) is 8.38. The first-order valence-corrected chi connectivity index (χ1v) is 5.93. The van der Waals surface area contributed by atoms with Crippen molar-refractivity contribution in [3.8, 4) is 0 Å². The molecule has 1 rings (SSSR count). The lowest BCUT2D eigenvalue weighted by molar-refractivity contribution is 0.230. The Morgan fingerprint density at radius 2 is 1.94 bits per heavy atom. The van der Waals surface area contributed by atoms with Crippen molar-refractivity contribution in [1.29, 1.82) is 0 Å². The van der Waals surface area contributed by atoms with Gasteiger partial charge in [0.25, 0.3) is 0 Å². The Morgan fingerprint density at radius 3 is 2.44 bits per heavy atom. The number of nitrogens with zero attached hydrogens (tertiary/aromatic N) is 2. The van der Waals surface area contributed by atoms with Crippen LogP contribution in [0.1, 0.15) is 46.4 Å². The van der Waals surface area contributed by atoms with Crippen molar-refractivity contribution < 1.29 is 0 Å². The van der Waals surface area contributed by atoms with Crippen LogP contribution in [0.3, 0.4) is 0 Å². The van der Waals surface area contributed by atoms with Crippen molar-refractivity contribution in [2.75, 3.05) is 6.54 Å². The lowest BCUT2D eigenvalue weighted by Crippen LogP contribution is -2.35. The highest BCUT2D eigenvalue weighted by Crippen LogP contribution is 2.25. The van der Waals surface area contributed by atoms with Crippen LogP contribution in [-0.4, -0.2) is 16.5 Å². The molecule has 16 heavy (non-hydrogen) atoms. The van der Waals surface area contributed by atoms with E-state index in [0.717, 1.165) is 12.2 Å². The van der Waals surface area contributed by atoms with Gasteiger partial charge in [-0.3, -0.25) is 9.97 Å². The van der Waals surface area contributed by atoms with Gasteiger partial charge >= 0.3 is 0 Å². The molecule has 0 amide bonds. The third kappa shape index (κ3) is 3.56. The Kier molecular flexibility index (Phi) is 4.42. The molecule has 0 radical (unpaired) electrons. The van der Waals surface area contributed by atoms with Crippen LogP contribution in [-0.2, 0) is 0 Å². The molecule has 1 aromatic heterocycles. The third-order valence-electron chi connectivity index (χ3n) is 3.45. The molecule has 0 aliphatic rings. The summed E-state index contributed by atoms with van der Waals surface area (Å²) in [7, 11) is 0. The van der Waals surface area contributed by atoms with Crippen molar-refractivity contribution in [2.24, 2.45) is 11.3 Å². The van der Waals surface area contributed by atoms with Crippen LogP contribution < -0.4 is 5.32 Å². The van der Waals surface area contributed by atoms with Crippen LogP contribution in [0.4, 0.5) is 0 Å². The minimum Gasteiger partial charge on any atom is -0.308 e. The van der Waals surface area contributed by atoms with Gasteiger partial charge in [-0.05, 0) is 18.3 Å². The van der Waals surface area contributed by atoms with Crippen LogP contribution in [0.2, 0.25) is 0 Å². The summed E-state index contributed by atoms with van der Waals surface area (Å²) in [6.45, 7) is 12.2. The molecule has 0 saturated carbocycles. The minimum atomic E-state index is 0.256. The molecule has 0 bridgehead atoms. The van der Waals surface area contributed by atoms with Gasteiger partial charge in [-0.2, -0.15) is 0 Å². The van der Waals surface area contributed by atoms with Gasteiger partial charge < -0.3 is 5.32 Å². The van der Waals surface area contributed by atoms with Gasteiger partial charge in [0.2, 0.25) is 0 Å². The van der Waals surface area contributed by atoms with Gasteiger partial charge in [0.05, 0.1) is 5.69 Å². The largest absolute Gasteiger partial charge is 0.308 e. The summed E-state index contributed by atoms with van der Waals surface area (Å²) in [5, 5.41) is 3.52. The van der Waals surface area contributed by atoms with Crippen LogP contribution in [0.5, 0.6) is 0 Å². The molecule has 0 aromatic carbocycles. The lowest BCUT2D eigenvalue weighted by Gasteiger charge is -2.31. The zero-order chi connectivity index (χ0) is 12.2. The second kappa shape index (κ2) is 5.39. The molecule has 1 aromatic rings. The van der Waals surface area contributed by atoms with Gasteiger partial charge in [0, 0.05) is 31.2 Å². The predicted octanol–water partition coefficient (Wildman–Crippen LogP) is 2.81. The molecule has 1 heterocycles. The van der Waals surface area contributed by atoms with E-state index in [1.54, 1.807) is 12.4 Å². The topological polar surface area (TPSA) is 37.8 Å². The van der Waals surface area contributed by atoms with E-state index in [1.165, 1.54) is 0 Å². The third-order valence-corrected chi connectivity index (χ3v) is 3.45. The normalized spacial score (nSPS) is 14.1. The van der Waals surface area contributed by atoms with E-state index in [9.17, 15) is 0 Å². The molecule has 0 spiro atoms. The zero-order valence-corrected chi connectivity index (χ0v) is 11.0. The molecular weight excluding hydrogens is 198 g/mol. The summed E-state index contributed by atoms with van der Waals surface area (Å²) >= 11 is 0. The van der Waals surface area contributed by atoms with Crippen molar-refractivity contribution in [3.05, 3.63) is 24.3 Å². The van der Waals surface area contributed by atoms with Gasteiger partial charge in [-0.1, -0.05) is 27.7 Å². The maximum atomic E-state index is 4.30. The summed E-state index contributed by atoms with van der Waals surface area (Å²) in [6.07, 6.45) is 5.26. The average molecular weight is 221 g/mol. The maximum absolute atomic E-state index is 4.30. The van der Waals surface area contributed by atoms with Gasteiger partial charge in [-0.15, -0.1) is 0 Å². The minimum absolute atomic E-state index is 0.256. The molecule has 0 aliphatic heterocycles. The summed E-state index contributed by atoms with van der Waals surface area (Å²) in [6, 6.07) is 0.256. The summed E-state index contributed by atoms with van der Waals surface area (Å²) in [5.41, 5.74) is 1.30. The fourth-order valence-corrected chi connectivity index (χ4v) is 1.26. The Balaban J connectivity index is 2.51. The molecule has 3 heteroatoms. The second-order valence-corrected chi connectivity index (χ2v) is 5.38. The van der Waals surface area contributed by atoms with Crippen LogP contribution >= 0.6 is 0 Å². The van der Waals surface area contributed by atoms with Gasteiger partial charge in [0.15, 0.2) is 0 Å². The molecule has 0 saturated heterocycles. The molecule has 0 aliphatic carbocycles. The van der Waals surface area contributed by atoms with Gasteiger partial charge in [-0.25, -0.2) is 0 Å². The van der Waals surface area contributed by atoms with E-state index in [0.29, 0.717) is 11.3 Å². The van der Waals surface area contributed by atoms with E-state index in [1.807, 2.05) is 6.20 Å². The van der Waals surface area contributed by atoms with Gasteiger partial charge in [0.1, 0.15) is 0 Å². The molecular formula is C13H23N3. The van der Waals surface area contributed by atoms with Crippen molar-refractivity contribution in [2.45, 2.75) is 40.7 Å². The molecule has 0 fully saturated rings. The first-order valence-electron chi connectivity index (χ1n) is 5.93. The van der Waals surface area contributed by atoms with Crippen molar-refractivity contribution >= 4 is 0 Å². The second-order valence-electron chi connectivity index (χ2n) is 5.38. The molecule has 90 valence electrons. The Hall–Kier alpha value is -0.960. The van der Waals surface area contributed by atoms with E-state index < -0.39 is 0 Å². The molecule has 1 atom stereocenters. The van der Waals surface area contributed by atoms with Crippen LogP contribution in [0, 0.1) is 11.3 Å². The summed E-state index contributed by atoms with van der Waals surface area (Å²) in [5.74, 6) is 0.661. The highest BCUT2D eigenvalue weighted by atomic mass is 14.9. The smallest absolute Gasteiger partial charge is 0.0753 e. The van der Waals surface area contributed by atoms with E-state index >= 15 is 0 Å². The fraction of sp³-hybridized carbons (Fsp3) is 0.692. The SMILES string of the molecule is CC(NCC(C)(C)C(C)C)c1cnccn1. The monoisotopic (exact) mass is 221 g/mol. The fourth-order valence-electron chi connectivity index (χ4n) is 1.26. The molecule has 3 nitrogen and oxygen atoms in total. The highest BCUT2D eigenvalue weighted by Gasteiger charge is 2.22. The Labute approximate surface area is 98.7 Å². The van der Waals surface area contributed by atoms with Crippen LogP contribution in [0.25, 0.3) is 0 Å². The first kappa shape index (κ1) is 13.1. The van der Waals surface area contributed by atoms with Crippen molar-refractivity contribution in [1.82, 2.24) is 15.3 Å². The number of rotatable bonds is 5. The number of hydrogen-bond donors (Lipinski definition) is 1.